The molecule has 0 radical (unpaired) electrons. The molecule has 0 aromatic heterocycles. The van der Waals surface area contributed by atoms with Crippen LogP contribution in [0.15, 0.2) is 0 Å². The molecule has 2 N–H and O–H groups in total. The van der Waals surface area contributed by atoms with Gasteiger partial charge in [0.25, 0.3) is 0 Å². The highest BCUT2D eigenvalue weighted by molar-refractivity contribution is 6.61. The molecule has 0 aliphatic heterocycles. The Kier molecular flexibility index (Phi) is 10.1. The first-order chi connectivity index (χ1) is 9.46. The number of hydrogen-bond donors (Lipinski definition) is 1. The van der Waals surface area contributed by atoms with Crippen LogP contribution in [0, 0.1) is 0 Å². The summed E-state index contributed by atoms with van der Waals surface area (Å²) in [4.78, 5) is 0. The minimum Gasteiger partial charge on any atom is -0.377 e. The summed E-state index contributed by atoms with van der Waals surface area (Å²) in [5.41, 5.74) is 6.13. The zero-order valence-corrected chi connectivity index (χ0v) is 15.4. The molecular weight excluding hydrogens is 298 g/mol. The first-order valence-corrected chi connectivity index (χ1v) is 10.4. The molecule has 0 atom stereocenters. The predicted molar refractivity (Wildman–Crippen MR) is 80.4 cm³/mol. The van der Waals surface area contributed by atoms with E-state index in [2.05, 4.69) is 0 Å². The lowest BCUT2D eigenvalue weighted by molar-refractivity contribution is 0.120. The molecule has 0 aromatic rings. The van der Waals surface area contributed by atoms with E-state index in [1.54, 1.807) is 42.7 Å². The molecule has 20 heavy (non-hydrogen) atoms. The van der Waals surface area contributed by atoms with Gasteiger partial charge in [0.05, 0.1) is 0 Å². The Labute approximate surface area is 124 Å². The van der Waals surface area contributed by atoms with Gasteiger partial charge in [-0.25, -0.2) is 0 Å². The molecule has 0 heterocycles. The van der Waals surface area contributed by atoms with Crippen molar-refractivity contribution in [3.63, 3.8) is 0 Å². The highest BCUT2D eigenvalue weighted by atomic mass is 28.4. The van der Waals surface area contributed by atoms with Crippen molar-refractivity contribution in [2.24, 2.45) is 5.73 Å². The van der Waals surface area contributed by atoms with E-state index in [0.717, 1.165) is 12.8 Å². The van der Waals surface area contributed by atoms with Crippen LogP contribution in [0.3, 0.4) is 0 Å². The number of nitrogens with two attached hydrogens (primary N) is 1. The molecule has 0 fully saturated rings. The molecule has 0 bridgehead atoms. The van der Waals surface area contributed by atoms with Crippen LogP contribution in [0.5, 0.6) is 0 Å². The summed E-state index contributed by atoms with van der Waals surface area (Å²) < 4.78 is 32.2. The maximum absolute atomic E-state index is 6.13. The normalized spacial score (nSPS) is 13.2. The van der Waals surface area contributed by atoms with Crippen LogP contribution < -0.4 is 5.73 Å². The van der Waals surface area contributed by atoms with Gasteiger partial charge in [-0.1, -0.05) is 0 Å². The molecule has 0 saturated carbocycles. The largest absolute Gasteiger partial charge is 0.500 e. The number of rotatable bonds is 12. The van der Waals surface area contributed by atoms with Crippen molar-refractivity contribution in [2.45, 2.75) is 31.0 Å². The Morgan fingerprint density at radius 1 is 0.650 bits per heavy atom. The Hall–Kier alpha value is 0.154. The molecule has 0 amide bonds. The quantitative estimate of drug-likeness (QED) is 0.532. The lowest BCUT2D eigenvalue weighted by Gasteiger charge is -2.27. The molecular formula is C11H29NO6Si2. The third-order valence-corrected chi connectivity index (χ3v) is 9.04. The molecule has 0 saturated heterocycles. The average molecular weight is 328 g/mol. The fourth-order valence-electron chi connectivity index (χ4n) is 1.98. The monoisotopic (exact) mass is 327 g/mol. The highest BCUT2D eigenvalue weighted by Gasteiger charge is 2.40. The molecule has 0 spiro atoms. The molecule has 0 rings (SSSR count). The van der Waals surface area contributed by atoms with Crippen LogP contribution in [-0.2, 0) is 26.6 Å². The van der Waals surface area contributed by atoms with Gasteiger partial charge >= 0.3 is 17.6 Å². The molecule has 9 heteroatoms. The third kappa shape index (κ3) is 5.87. The van der Waals surface area contributed by atoms with Crippen molar-refractivity contribution in [1.29, 1.82) is 0 Å². The summed E-state index contributed by atoms with van der Waals surface area (Å²) >= 11 is 0. The van der Waals surface area contributed by atoms with Gasteiger partial charge in [-0.2, -0.15) is 0 Å². The average Bonchev–Trinajstić information content (AvgIpc) is 2.51. The van der Waals surface area contributed by atoms with E-state index in [4.69, 9.17) is 32.3 Å². The lowest BCUT2D eigenvalue weighted by atomic mass is 10.2. The first-order valence-electron chi connectivity index (χ1n) is 6.53. The van der Waals surface area contributed by atoms with E-state index in [0.29, 0.717) is 12.1 Å². The zero-order valence-electron chi connectivity index (χ0n) is 13.4. The minimum atomic E-state index is -2.54. The fourth-order valence-corrected chi connectivity index (χ4v) is 5.65. The van der Waals surface area contributed by atoms with Crippen LogP contribution in [0.2, 0.25) is 12.1 Å². The fraction of sp³-hybridized carbons (Fsp3) is 1.00. The first kappa shape index (κ1) is 20.2. The zero-order chi connectivity index (χ0) is 15.6. The Bertz CT molecular complexity index is 211. The van der Waals surface area contributed by atoms with Crippen molar-refractivity contribution >= 4 is 17.6 Å². The SMILES string of the molecule is CO[Si](CCC(N)CC[Si](OC)(OC)OC)(OC)OC. The molecule has 7 nitrogen and oxygen atoms in total. The second-order valence-corrected chi connectivity index (χ2v) is 10.6. The maximum atomic E-state index is 6.13. The van der Waals surface area contributed by atoms with Gasteiger partial charge in [-0.05, 0) is 12.8 Å². The van der Waals surface area contributed by atoms with E-state index in [9.17, 15) is 0 Å². The van der Waals surface area contributed by atoms with Gasteiger partial charge in [-0.3, -0.25) is 0 Å². The summed E-state index contributed by atoms with van der Waals surface area (Å²) in [5.74, 6) is 0. The van der Waals surface area contributed by atoms with Crippen molar-refractivity contribution in [3.8, 4) is 0 Å². The van der Waals surface area contributed by atoms with Crippen LogP contribution >= 0.6 is 0 Å². The topological polar surface area (TPSA) is 81.4 Å². The van der Waals surface area contributed by atoms with Gasteiger partial charge < -0.3 is 32.3 Å². The molecule has 0 aliphatic rings. The van der Waals surface area contributed by atoms with E-state index < -0.39 is 17.6 Å². The highest BCUT2D eigenvalue weighted by Crippen LogP contribution is 2.20. The molecule has 0 unspecified atom stereocenters. The predicted octanol–water partition coefficient (Wildman–Crippen LogP) is 0.850. The second-order valence-electron chi connectivity index (χ2n) is 4.43. The lowest BCUT2D eigenvalue weighted by Crippen LogP contribution is -2.45. The van der Waals surface area contributed by atoms with E-state index >= 15 is 0 Å². The van der Waals surface area contributed by atoms with Gasteiger partial charge in [0.1, 0.15) is 0 Å². The van der Waals surface area contributed by atoms with E-state index in [1.807, 2.05) is 0 Å². The summed E-state index contributed by atoms with van der Waals surface area (Å²) in [7, 11) is 4.52. The van der Waals surface area contributed by atoms with E-state index in [-0.39, 0.29) is 6.04 Å². The summed E-state index contributed by atoms with van der Waals surface area (Å²) in [5, 5.41) is 0. The van der Waals surface area contributed by atoms with Crippen molar-refractivity contribution in [3.05, 3.63) is 0 Å². The summed E-state index contributed by atoms with van der Waals surface area (Å²) in [6.45, 7) is 0. The van der Waals surface area contributed by atoms with Gasteiger partial charge in [0.2, 0.25) is 0 Å². The van der Waals surface area contributed by atoms with Gasteiger partial charge in [0.15, 0.2) is 0 Å². The maximum Gasteiger partial charge on any atom is 0.500 e. The van der Waals surface area contributed by atoms with Gasteiger partial charge in [0, 0.05) is 60.8 Å². The van der Waals surface area contributed by atoms with Crippen molar-refractivity contribution < 1.29 is 26.6 Å². The van der Waals surface area contributed by atoms with Crippen molar-refractivity contribution in [2.75, 3.05) is 42.7 Å². The van der Waals surface area contributed by atoms with Crippen LogP contribution in [-0.4, -0.2) is 66.3 Å². The molecule has 0 aliphatic carbocycles. The molecule has 122 valence electrons. The summed E-state index contributed by atoms with van der Waals surface area (Å²) in [6, 6.07) is 1.35. The van der Waals surface area contributed by atoms with Crippen molar-refractivity contribution in [1.82, 2.24) is 0 Å². The Morgan fingerprint density at radius 2 is 0.900 bits per heavy atom. The molecule has 0 aromatic carbocycles. The minimum absolute atomic E-state index is 0.00495. The number of hydrogen-bond acceptors (Lipinski definition) is 7. The smallest absolute Gasteiger partial charge is 0.377 e. The van der Waals surface area contributed by atoms with E-state index in [1.165, 1.54) is 0 Å². The Balaban J connectivity index is 4.26. The van der Waals surface area contributed by atoms with Crippen LogP contribution in [0.25, 0.3) is 0 Å². The second kappa shape index (κ2) is 9.98. The Morgan fingerprint density at radius 3 is 1.10 bits per heavy atom. The van der Waals surface area contributed by atoms with Crippen LogP contribution in [0.1, 0.15) is 12.8 Å². The summed E-state index contributed by atoms with van der Waals surface area (Å²) in [6.07, 6.45) is 1.51. The van der Waals surface area contributed by atoms with Crippen LogP contribution in [0.4, 0.5) is 0 Å². The third-order valence-electron chi connectivity index (χ3n) is 3.51. The van der Waals surface area contributed by atoms with Gasteiger partial charge in [-0.15, -0.1) is 0 Å². The standard InChI is InChI=1S/C11H29NO6Si2/c1-13-19(14-2,15-3)9-7-11(12)8-10-20(16-4,17-5)18-6/h11H,7-10,12H2,1-6H3.